The number of benzene rings is 2. The summed E-state index contributed by atoms with van der Waals surface area (Å²) in [6, 6.07) is 11.7. The smallest absolute Gasteiger partial charge is 0.268 e. The Morgan fingerprint density at radius 1 is 1.04 bits per heavy atom. The topological polar surface area (TPSA) is 76.7 Å². The van der Waals surface area contributed by atoms with Crippen LogP contribution in [0, 0.1) is 27.7 Å². The molecule has 0 aliphatic heterocycles. The summed E-state index contributed by atoms with van der Waals surface area (Å²) in [5.41, 5.74) is 11.8. The van der Waals surface area contributed by atoms with E-state index in [1.807, 2.05) is 64.1 Å². The first kappa shape index (κ1) is 18.5. The lowest BCUT2D eigenvalue weighted by molar-refractivity contribution is -0.126. The number of nitrogens with two attached hydrogens (primary N) is 1. The number of anilines is 1. The fourth-order valence-electron chi connectivity index (χ4n) is 2.56. The van der Waals surface area contributed by atoms with Crippen molar-refractivity contribution in [2.24, 2.45) is 10.9 Å². The number of hydrogen-bond acceptors (Lipinski definition) is 3. The minimum Gasteiger partial charge on any atom is -0.381 e. The fraction of sp³-hybridized carbons (Fsp3) is 0.300. The summed E-state index contributed by atoms with van der Waals surface area (Å²) in [6.45, 7) is 9.60. The quantitative estimate of drug-likeness (QED) is 0.496. The Kier molecular flexibility index (Phi) is 5.80. The van der Waals surface area contributed by atoms with Gasteiger partial charge in [0.15, 0.2) is 5.84 Å². The predicted octanol–water partition coefficient (Wildman–Crippen LogP) is 3.58. The molecule has 0 aliphatic carbocycles. The zero-order valence-electron chi connectivity index (χ0n) is 15.4. The van der Waals surface area contributed by atoms with Gasteiger partial charge in [0.25, 0.3) is 5.91 Å². The van der Waals surface area contributed by atoms with Gasteiger partial charge in [-0.15, -0.1) is 0 Å². The van der Waals surface area contributed by atoms with E-state index in [-0.39, 0.29) is 11.7 Å². The second-order valence-electron chi connectivity index (χ2n) is 6.35. The molecule has 5 nitrogen and oxygen atoms in total. The number of carbonyl (C=O) groups excluding carboxylic acids is 1. The standard InChI is InChI=1S/C20H25N3O2/c1-12-6-8-17(9-7-12)19(21)23-25-16(5)20(24)22-18-14(3)10-13(2)11-15(18)4/h6-11,16H,1-5H3,(H2,21,23)(H,22,24)/t16-/m1/s1. The molecule has 132 valence electrons. The monoisotopic (exact) mass is 339 g/mol. The third-order valence-electron chi connectivity index (χ3n) is 3.95. The molecule has 1 atom stereocenters. The predicted molar refractivity (Wildman–Crippen MR) is 102 cm³/mol. The first-order valence-electron chi connectivity index (χ1n) is 8.23. The Morgan fingerprint density at radius 3 is 2.16 bits per heavy atom. The largest absolute Gasteiger partial charge is 0.381 e. The van der Waals surface area contributed by atoms with Crippen LogP contribution < -0.4 is 11.1 Å². The zero-order valence-corrected chi connectivity index (χ0v) is 15.4. The molecule has 0 heterocycles. The van der Waals surface area contributed by atoms with Crippen LogP contribution in [0.5, 0.6) is 0 Å². The van der Waals surface area contributed by atoms with Crippen molar-refractivity contribution < 1.29 is 9.63 Å². The Hall–Kier alpha value is -2.82. The van der Waals surface area contributed by atoms with E-state index >= 15 is 0 Å². The number of oxime groups is 1. The average molecular weight is 339 g/mol. The molecule has 2 rings (SSSR count). The number of nitrogens with zero attached hydrogens (tertiary/aromatic N) is 1. The van der Waals surface area contributed by atoms with Gasteiger partial charge < -0.3 is 15.9 Å². The zero-order chi connectivity index (χ0) is 18.6. The van der Waals surface area contributed by atoms with Crippen molar-refractivity contribution in [3.8, 4) is 0 Å². The maximum absolute atomic E-state index is 12.3. The number of amidine groups is 1. The van der Waals surface area contributed by atoms with Crippen LogP contribution in [0.15, 0.2) is 41.6 Å². The molecule has 2 aromatic rings. The third-order valence-corrected chi connectivity index (χ3v) is 3.95. The highest BCUT2D eigenvalue weighted by molar-refractivity contribution is 5.97. The van der Waals surface area contributed by atoms with Crippen molar-refractivity contribution in [3.05, 3.63) is 64.2 Å². The number of amides is 1. The van der Waals surface area contributed by atoms with Gasteiger partial charge in [-0.1, -0.05) is 52.7 Å². The molecule has 0 fully saturated rings. The molecule has 0 spiro atoms. The normalized spacial score (nSPS) is 12.6. The van der Waals surface area contributed by atoms with Gasteiger partial charge in [-0.3, -0.25) is 4.79 Å². The Labute approximate surface area is 148 Å². The summed E-state index contributed by atoms with van der Waals surface area (Å²) >= 11 is 0. The van der Waals surface area contributed by atoms with Crippen molar-refractivity contribution in [3.63, 3.8) is 0 Å². The van der Waals surface area contributed by atoms with Crippen molar-refractivity contribution in [2.45, 2.75) is 40.7 Å². The van der Waals surface area contributed by atoms with Crippen molar-refractivity contribution in [1.29, 1.82) is 0 Å². The second kappa shape index (κ2) is 7.83. The van der Waals surface area contributed by atoms with Crippen LogP contribution in [0.1, 0.15) is 34.7 Å². The van der Waals surface area contributed by atoms with Crippen LogP contribution >= 0.6 is 0 Å². The molecule has 5 heteroatoms. The highest BCUT2D eigenvalue weighted by Gasteiger charge is 2.17. The first-order chi connectivity index (χ1) is 11.8. The van der Waals surface area contributed by atoms with Crippen LogP contribution in [0.2, 0.25) is 0 Å². The molecule has 25 heavy (non-hydrogen) atoms. The molecule has 0 aromatic heterocycles. The van der Waals surface area contributed by atoms with Gasteiger partial charge in [-0.2, -0.15) is 0 Å². The van der Waals surface area contributed by atoms with Crippen molar-refractivity contribution in [2.75, 3.05) is 5.32 Å². The highest BCUT2D eigenvalue weighted by Crippen LogP contribution is 2.22. The number of nitrogens with one attached hydrogen (secondary N) is 1. The Morgan fingerprint density at radius 2 is 1.60 bits per heavy atom. The molecule has 0 unspecified atom stereocenters. The fourth-order valence-corrected chi connectivity index (χ4v) is 2.56. The van der Waals surface area contributed by atoms with E-state index in [4.69, 9.17) is 10.6 Å². The van der Waals surface area contributed by atoms with Crippen LogP contribution in [-0.4, -0.2) is 17.8 Å². The minimum atomic E-state index is -0.760. The molecule has 0 radical (unpaired) electrons. The lowest BCUT2D eigenvalue weighted by atomic mass is 10.0. The first-order valence-corrected chi connectivity index (χ1v) is 8.23. The summed E-state index contributed by atoms with van der Waals surface area (Å²) in [4.78, 5) is 17.6. The maximum atomic E-state index is 12.3. The van der Waals surface area contributed by atoms with E-state index in [0.29, 0.717) is 0 Å². The van der Waals surface area contributed by atoms with Gasteiger partial charge in [0.1, 0.15) is 0 Å². The molecular weight excluding hydrogens is 314 g/mol. The Balaban J connectivity index is 2.03. The van der Waals surface area contributed by atoms with E-state index in [1.165, 1.54) is 0 Å². The molecule has 0 saturated heterocycles. The molecule has 0 aliphatic rings. The summed E-state index contributed by atoms with van der Waals surface area (Å²) in [5, 5.41) is 6.78. The number of hydrogen-bond donors (Lipinski definition) is 2. The van der Waals surface area contributed by atoms with Gasteiger partial charge in [0.2, 0.25) is 6.10 Å². The molecule has 3 N–H and O–H groups in total. The average Bonchev–Trinajstić information content (AvgIpc) is 2.56. The molecule has 0 saturated carbocycles. The lowest BCUT2D eigenvalue weighted by Crippen LogP contribution is -2.28. The minimum absolute atomic E-state index is 0.238. The van der Waals surface area contributed by atoms with Crippen LogP contribution in [0.3, 0.4) is 0 Å². The molecule has 2 aromatic carbocycles. The van der Waals surface area contributed by atoms with Gasteiger partial charge >= 0.3 is 0 Å². The third kappa shape index (κ3) is 4.83. The van der Waals surface area contributed by atoms with Crippen LogP contribution in [-0.2, 0) is 9.63 Å². The van der Waals surface area contributed by atoms with Crippen LogP contribution in [0.25, 0.3) is 0 Å². The van der Waals surface area contributed by atoms with Gasteiger partial charge in [0, 0.05) is 11.3 Å². The molecular formula is C20H25N3O2. The van der Waals surface area contributed by atoms with Gasteiger partial charge in [-0.25, -0.2) is 0 Å². The lowest BCUT2D eigenvalue weighted by Gasteiger charge is -2.15. The van der Waals surface area contributed by atoms with Crippen LogP contribution in [0.4, 0.5) is 5.69 Å². The highest BCUT2D eigenvalue weighted by atomic mass is 16.6. The number of rotatable bonds is 5. The van der Waals surface area contributed by atoms with E-state index in [9.17, 15) is 4.79 Å². The van der Waals surface area contributed by atoms with Crippen molar-refractivity contribution in [1.82, 2.24) is 0 Å². The maximum Gasteiger partial charge on any atom is 0.268 e. The summed E-state index contributed by atoms with van der Waals surface area (Å²) in [5.74, 6) is -0.0298. The molecule has 0 bridgehead atoms. The van der Waals surface area contributed by atoms with E-state index in [2.05, 4.69) is 10.5 Å². The van der Waals surface area contributed by atoms with Gasteiger partial charge in [0.05, 0.1) is 0 Å². The van der Waals surface area contributed by atoms with E-state index in [0.717, 1.165) is 33.5 Å². The van der Waals surface area contributed by atoms with Crippen molar-refractivity contribution >= 4 is 17.4 Å². The second-order valence-corrected chi connectivity index (χ2v) is 6.35. The summed E-state index contributed by atoms with van der Waals surface area (Å²) < 4.78 is 0. The molecule has 1 amide bonds. The Bertz CT molecular complexity index is 772. The van der Waals surface area contributed by atoms with E-state index in [1.54, 1.807) is 6.92 Å². The summed E-state index contributed by atoms with van der Waals surface area (Å²) in [6.07, 6.45) is -0.760. The number of carbonyl (C=O) groups is 1. The van der Waals surface area contributed by atoms with E-state index < -0.39 is 6.10 Å². The van der Waals surface area contributed by atoms with Gasteiger partial charge in [-0.05, 0) is 45.7 Å². The number of aryl methyl sites for hydroxylation is 4. The SMILES string of the molecule is Cc1ccc(/C(N)=N/O[C@H](C)C(=O)Nc2c(C)cc(C)cc2C)cc1. The summed E-state index contributed by atoms with van der Waals surface area (Å²) in [7, 11) is 0.